The van der Waals surface area contributed by atoms with E-state index in [0.29, 0.717) is 41.3 Å². The molecular weight excluding hydrogens is 435 g/mol. The lowest BCUT2D eigenvalue weighted by atomic mass is 9.79. The van der Waals surface area contributed by atoms with Crippen LogP contribution >= 0.6 is 0 Å². The largest absolute Gasteiger partial charge is 0.492 e. The summed E-state index contributed by atoms with van der Waals surface area (Å²) in [5, 5.41) is 3.00. The van der Waals surface area contributed by atoms with Gasteiger partial charge in [0.05, 0.1) is 30.9 Å². The average Bonchev–Trinajstić information content (AvgIpc) is 2.85. The van der Waals surface area contributed by atoms with Crippen LogP contribution in [0.25, 0.3) is 0 Å². The molecule has 4 rings (SSSR count). The third-order valence-corrected chi connectivity index (χ3v) is 5.91. The number of para-hydroxylation sites is 2. The number of nitrogens with zero attached hydrogens (tertiary/aromatic N) is 1. The number of methoxy groups -OCH3 is 1. The molecular formula is C27H27FN2O4. The van der Waals surface area contributed by atoms with E-state index in [-0.39, 0.29) is 24.2 Å². The Kier molecular flexibility index (Phi) is 7.23. The number of amides is 2. The van der Waals surface area contributed by atoms with Crippen LogP contribution in [0.4, 0.5) is 10.1 Å². The van der Waals surface area contributed by atoms with E-state index >= 15 is 0 Å². The molecule has 0 saturated carbocycles. The molecule has 1 N–H and O–H groups in total. The zero-order valence-electron chi connectivity index (χ0n) is 19.2. The molecule has 0 aliphatic carbocycles. The van der Waals surface area contributed by atoms with Crippen LogP contribution in [0.3, 0.4) is 0 Å². The highest BCUT2D eigenvalue weighted by Gasteiger charge is 2.44. The third-order valence-electron chi connectivity index (χ3n) is 5.91. The quantitative estimate of drug-likeness (QED) is 0.523. The fourth-order valence-electron chi connectivity index (χ4n) is 4.40. The lowest BCUT2D eigenvalue weighted by Gasteiger charge is -2.41. The summed E-state index contributed by atoms with van der Waals surface area (Å²) in [7, 11) is 1.56. The van der Waals surface area contributed by atoms with Crippen molar-refractivity contribution >= 4 is 17.5 Å². The first-order valence-corrected chi connectivity index (χ1v) is 11.2. The number of hydrogen-bond donors (Lipinski definition) is 1. The lowest BCUT2D eigenvalue weighted by molar-refractivity contribution is -0.119. The number of fused-ring (bicyclic) bond motifs is 1. The summed E-state index contributed by atoms with van der Waals surface area (Å²) in [5.41, 5.74) is 2.31. The smallest absolute Gasteiger partial charge is 0.254 e. The Bertz CT molecular complexity index is 1170. The van der Waals surface area contributed by atoms with Gasteiger partial charge in [0, 0.05) is 19.2 Å². The van der Waals surface area contributed by atoms with Crippen molar-refractivity contribution in [3.63, 3.8) is 0 Å². The topological polar surface area (TPSA) is 67.9 Å². The van der Waals surface area contributed by atoms with Crippen molar-refractivity contribution < 1.29 is 23.5 Å². The normalized spacial score (nSPS) is 17.3. The Balaban J connectivity index is 1.82. The Labute approximate surface area is 198 Å². The van der Waals surface area contributed by atoms with Gasteiger partial charge in [-0.1, -0.05) is 42.5 Å². The Morgan fingerprint density at radius 2 is 1.74 bits per heavy atom. The first kappa shape index (κ1) is 23.4. The van der Waals surface area contributed by atoms with Crippen molar-refractivity contribution in [2.45, 2.75) is 18.9 Å². The summed E-state index contributed by atoms with van der Waals surface area (Å²) >= 11 is 0. The van der Waals surface area contributed by atoms with Crippen molar-refractivity contribution in [2.24, 2.45) is 0 Å². The van der Waals surface area contributed by atoms with E-state index in [4.69, 9.17) is 9.47 Å². The fourth-order valence-corrected chi connectivity index (χ4v) is 4.40. The molecule has 1 aliphatic heterocycles. The second-order valence-corrected chi connectivity index (χ2v) is 7.97. The van der Waals surface area contributed by atoms with E-state index in [1.54, 1.807) is 54.5 Å². The van der Waals surface area contributed by atoms with Gasteiger partial charge in [-0.25, -0.2) is 4.39 Å². The second kappa shape index (κ2) is 10.5. The predicted molar refractivity (Wildman–Crippen MR) is 127 cm³/mol. The molecule has 34 heavy (non-hydrogen) atoms. The predicted octanol–water partition coefficient (Wildman–Crippen LogP) is 4.79. The van der Waals surface area contributed by atoms with Crippen LogP contribution in [0.15, 0.2) is 72.8 Å². The SMILES string of the molecule is CCOc1ccccc1NC(=O)C1c2ccccc2C(=O)N(CCOC)C1c1ccc(F)cc1. The molecule has 176 valence electrons. The summed E-state index contributed by atoms with van der Waals surface area (Å²) in [5.74, 6) is -1.04. The van der Waals surface area contributed by atoms with E-state index in [1.807, 2.05) is 25.1 Å². The van der Waals surface area contributed by atoms with Crippen molar-refractivity contribution in [1.82, 2.24) is 4.90 Å². The maximum absolute atomic E-state index is 13.9. The lowest BCUT2D eigenvalue weighted by Crippen LogP contribution is -2.47. The maximum Gasteiger partial charge on any atom is 0.254 e. The molecule has 0 spiro atoms. The van der Waals surface area contributed by atoms with E-state index in [2.05, 4.69) is 5.32 Å². The highest BCUT2D eigenvalue weighted by molar-refractivity contribution is 6.04. The number of ether oxygens (including phenoxy) is 2. The number of anilines is 1. The molecule has 6 nitrogen and oxygen atoms in total. The van der Waals surface area contributed by atoms with Crippen LogP contribution in [-0.4, -0.2) is 43.6 Å². The third kappa shape index (κ3) is 4.65. The van der Waals surface area contributed by atoms with Crippen LogP contribution in [0, 0.1) is 5.82 Å². The van der Waals surface area contributed by atoms with E-state index in [0.717, 1.165) is 0 Å². The van der Waals surface area contributed by atoms with Gasteiger partial charge in [0.25, 0.3) is 5.91 Å². The van der Waals surface area contributed by atoms with Gasteiger partial charge in [0.2, 0.25) is 5.91 Å². The van der Waals surface area contributed by atoms with Gasteiger partial charge in [-0.3, -0.25) is 9.59 Å². The van der Waals surface area contributed by atoms with Gasteiger partial charge in [-0.2, -0.15) is 0 Å². The van der Waals surface area contributed by atoms with Gasteiger partial charge in [-0.15, -0.1) is 0 Å². The molecule has 0 radical (unpaired) electrons. The summed E-state index contributed by atoms with van der Waals surface area (Å²) in [6.07, 6.45) is 0. The molecule has 0 bridgehead atoms. The zero-order chi connectivity index (χ0) is 24.1. The maximum atomic E-state index is 13.9. The van der Waals surface area contributed by atoms with Gasteiger partial charge >= 0.3 is 0 Å². The van der Waals surface area contributed by atoms with E-state index in [1.165, 1.54) is 12.1 Å². The van der Waals surface area contributed by atoms with E-state index in [9.17, 15) is 14.0 Å². The second-order valence-electron chi connectivity index (χ2n) is 7.97. The van der Waals surface area contributed by atoms with Crippen LogP contribution in [0.5, 0.6) is 5.75 Å². The van der Waals surface area contributed by atoms with Crippen LogP contribution < -0.4 is 10.1 Å². The minimum atomic E-state index is -0.731. The number of rotatable bonds is 8. The Morgan fingerprint density at radius 1 is 1.03 bits per heavy atom. The first-order valence-electron chi connectivity index (χ1n) is 11.2. The van der Waals surface area contributed by atoms with E-state index < -0.39 is 12.0 Å². The molecule has 7 heteroatoms. The summed E-state index contributed by atoms with van der Waals surface area (Å²) in [4.78, 5) is 29.0. The van der Waals surface area contributed by atoms with Gasteiger partial charge in [0.15, 0.2) is 0 Å². The number of halogens is 1. The number of nitrogens with one attached hydrogen (secondary N) is 1. The van der Waals surface area contributed by atoms with Crippen molar-refractivity contribution in [2.75, 3.05) is 32.2 Å². The Morgan fingerprint density at radius 3 is 2.47 bits per heavy atom. The Hall–Kier alpha value is -3.71. The van der Waals surface area contributed by atoms with Crippen LogP contribution in [0.2, 0.25) is 0 Å². The molecule has 2 amide bonds. The van der Waals surface area contributed by atoms with Crippen LogP contribution in [-0.2, 0) is 9.53 Å². The summed E-state index contributed by atoms with van der Waals surface area (Å²) in [6.45, 7) is 2.91. The number of carbonyl (C=O) groups excluding carboxylic acids is 2. The molecule has 3 aromatic carbocycles. The van der Waals surface area contributed by atoms with Gasteiger partial charge < -0.3 is 19.7 Å². The van der Waals surface area contributed by atoms with Crippen molar-refractivity contribution in [1.29, 1.82) is 0 Å². The monoisotopic (exact) mass is 462 g/mol. The molecule has 3 aromatic rings. The molecule has 1 heterocycles. The molecule has 1 aliphatic rings. The minimum Gasteiger partial charge on any atom is -0.492 e. The number of carbonyl (C=O) groups is 2. The fraction of sp³-hybridized carbons (Fsp3) is 0.259. The summed E-state index contributed by atoms with van der Waals surface area (Å²) in [6, 6.07) is 19.6. The minimum absolute atomic E-state index is 0.194. The molecule has 2 atom stereocenters. The van der Waals surface area contributed by atoms with Crippen molar-refractivity contribution in [3.05, 3.63) is 95.3 Å². The molecule has 0 saturated heterocycles. The van der Waals surface area contributed by atoms with Gasteiger partial charge in [0.1, 0.15) is 11.6 Å². The standard InChI is InChI=1S/C27H27FN2O4/c1-3-34-23-11-7-6-10-22(23)29-26(31)24-20-8-4-5-9-21(20)27(32)30(16-17-33-2)25(24)18-12-14-19(28)15-13-18/h4-15,24-25H,3,16-17H2,1-2H3,(H,29,31). The number of hydrogen-bond acceptors (Lipinski definition) is 4. The zero-order valence-corrected chi connectivity index (χ0v) is 19.2. The first-order chi connectivity index (χ1) is 16.5. The molecule has 0 fully saturated rings. The van der Waals surface area contributed by atoms with Crippen LogP contribution in [0.1, 0.15) is 40.4 Å². The highest BCUT2D eigenvalue weighted by atomic mass is 19.1. The highest BCUT2D eigenvalue weighted by Crippen LogP contribution is 2.43. The van der Waals surface area contributed by atoms with Gasteiger partial charge in [-0.05, 0) is 48.4 Å². The summed E-state index contributed by atoms with van der Waals surface area (Å²) < 4.78 is 24.7. The van der Waals surface area contributed by atoms with Crippen molar-refractivity contribution in [3.8, 4) is 5.75 Å². The number of benzene rings is 3. The average molecular weight is 463 g/mol. The molecule has 0 aromatic heterocycles. The molecule has 2 unspecified atom stereocenters.